The van der Waals surface area contributed by atoms with Crippen molar-refractivity contribution >= 4 is 45.0 Å². The lowest BCUT2D eigenvalue weighted by molar-refractivity contribution is -0.115. The van der Waals surface area contributed by atoms with E-state index in [1.807, 2.05) is 61.7 Å². The number of hydrogen-bond acceptors (Lipinski definition) is 6. The first-order chi connectivity index (χ1) is 14.1. The van der Waals surface area contributed by atoms with Crippen LogP contribution in [0.15, 0.2) is 53.4 Å². The van der Waals surface area contributed by atoms with Crippen molar-refractivity contribution in [1.29, 1.82) is 0 Å². The summed E-state index contributed by atoms with van der Waals surface area (Å²) in [5, 5.41) is 8.18. The number of aryl methyl sites for hydroxylation is 1. The topological polar surface area (TPSA) is 69.0 Å². The van der Waals surface area contributed by atoms with E-state index in [9.17, 15) is 4.79 Å². The third-order valence-corrected chi connectivity index (χ3v) is 6.14. The van der Waals surface area contributed by atoms with Gasteiger partial charge in [0.1, 0.15) is 11.6 Å². The minimum Gasteiger partial charge on any atom is -0.497 e. The molecule has 8 heteroatoms. The van der Waals surface area contributed by atoms with Gasteiger partial charge in [0.25, 0.3) is 0 Å². The van der Waals surface area contributed by atoms with E-state index in [0.29, 0.717) is 17.4 Å². The molecular weight excluding hydrogens is 404 g/mol. The molecule has 148 valence electrons. The van der Waals surface area contributed by atoms with E-state index in [1.54, 1.807) is 23.6 Å². The van der Waals surface area contributed by atoms with Crippen LogP contribution in [-0.4, -0.2) is 34.0 Å². The number of carbonyl (C=O) groups is 1. The van der Waals surface area contributed by atoms with E-state index in [4.69, 9.17) is 4.74 Å². The molecule has 1 N–H and O–H groups in total. The number of anilines is 1. The third-order valence-electron chi connectivity index (χ3n) is 4.39. The summed E-state index contributed by atoms with van der Waals surface area (Å²) in [5.41, 5.74) is 2.61. The number of amides is 1. The fourth-order valence-corrected chi connectivity index (χ4v) is 4.28. The second-order valence-electron chi connectivity index (χ2n) is 6.49. The normalized spacial score (nSPS) is 11.0. The van der Waals surface area contributed by atoms with Crippen LogP contribution in [0.2, 0.25) is 0 Å². The molecule has 0 fully saturated rings. The first-order valence-corrected chi connectivity index (χ1v) is 11.0. The number of hydrogen-bond donors (Lipinski definition) is 1. The minimum absolute atomic E-state index is 0.0918. The van der Waals surface area contributed by atoms with Crippen molar-refractivity contribution in [3.8, 4) is 10.9 Å². The van der Waals surface area contributed by atoms with Crippen LogP contribution in [-0.2, 0) is 11.2 Å². The number of nitrogens with one attached hydrogen (secondary N) is 1. The molecule has 0 radical (unpaired) electrons. The summed E-state index contributed by atoms with van der Waals surface area (Å²) in [6.07, 6.45) is 2.33. The fraction of sp³-hybridized carbons (Fsp3) is 0.190. The van der Waals surface area contributed by atoms with Gasteiger partial charge in [-0.3, -0.25) is 4.79 Å². The zero-order chi connectivity index (χ0) is 20.4. The molecule has 29 heavy (non-hydrogen) atoms. The number of carbonyl (C=O) groups excluding carboxylic acids is 1. The Balaban J connectivity index is 1.57. The summed E-state index contributed by atoms with van der Waals surface area (Å²) in [4.78, 5) is 18.4. The smallest absolute Gasteiger partial charge is 0.229 e. The Hall–Kier alpha value is -2.84. The van der Waals surface area contributed by atoms with Crippen LogP contribution in [0.3, 0.4) is 0 Å². The molecule has 4 aromatic rings. The molecule has 0 saturated carbocycles. The van der Waals surface area contributed by atoms with Crippen LogP contribution in [0, 0.1) is 6.92 Å². The zero-order valence-electron chi connectivity index (χ0n) is 16.3. The van der Waals surface area contributed by atoms with Crippen LogP contribution in [0.1, 0.15) is 11.3 Å². The Morgan fingerprint density at radius 3 is 2.72 bits per heavy atom. The fourth-order valence-electron chi connectivity index (χ4n) is 2.96. The number of methoxy groups -OCH3 is 1. The number of nitrogens with zero attached hydrogens (tertiary/aromatic N) is 3. The Labute approximate surface area is 176 Å². The third kappa shape index (κ3) is 4.28. The van der Waals surface area contributed by atoms with Gasteiger partial charge in [-0.1, -0.05) is 23.5 Å². The van der Waals surface area contributed by atoms with Crippen molar-refractivity contribution in [2.75, 3.05) is 18.7 Å². The van der Waals surface area contributed by atoms with Crippen LogP contribution in [0.25, 0.3) is 15.3 Å². The van der Waals surface area contributed by atoms with E-state index in [1.165, 1.54) is 16.2 Å². The minimum atomic E-state index is -0.0918. The lowest BCUT2D eigenvalue weighted by Crippen LogP contribution is -2.17. The van der Waals surface area contributed by atoms with Gasteiger partial charge in [0.15, 0.2) is 0 Å². The summed E-state index contributed by atoms with van der Waals surface area (Å²) in [6.45, 7) is 1.89. The van der Waals surface area contributed by atoms with Crippen molar-refractivity contribution in [2.24, 2.45) is 0 Å². The van der Waals surface area contributed by atoms with Gasteiger partial charge in [0, 0.05) is 17.0 Å². The van der Waals surface area contributed by atoms with E-state index in [-0.39, 0.29) is 5.91 Å². The van der Waals surface area contributed by atoms with Crippen molar-refractivity contribution < 1.29 is 9.53 Å². The maximum Gasteiger partial charge on any atom is 0.229 e. The SMILES string of the molecule is COc1ccc2sc(-n3nc(C)cc3NC(=O)Cc3ccc(SC)cc3)nc2c1. The van der Waals surface area contributed by atoms with Crippen molar-refractivity contribution in [3.63, 3.8) is 0 Å². The summed E-state index contributed by atoms with van der Waals surface area (Å²) in [6, 6.07) is 15.6. The number of fused-ring (bicyclic) bond motifs is 1. The lowest BCUT2D eigenvalue weighted by atomic mass is 10.1. The predicted octanol–water partition coefficient (Wildman–Crippen LogP) is 4.70. The summed E-state index contributed by atoms with van der Waals surface area (Å²) >= 11 is 3.19. The Morgan fingerprint density at radius 2 is 2.00 bits per heavy atom. The number of thiazole rings is 1. The van der Waals surface area contributed by atoms with Gasteiger partial charge in [-0.05, 0) is 43.0 Å². The average Bonchev–Trinajstić information content (AvgIpc) is 3.30. The summed E-state index contributed by atoms with van der Waals surface area (Å²) < 4.78 is 7.98. The van der Waals surface area contributed by atoms with Gasteiger partial charge < -0.3 is 10.1 Å². The highest BCUT2D eigenvalue weighted by Gasteiger charge is 2.15. The molecule has 0 spiro atoms. The molecule has 0 saturated heterocycles. The predicted molar refractivity (Wildman–Crippen MR) is 119 cm³/mol. The van der Waals surface area contributed by atoms with Crippen LogP contribution < -0.4 is 10.1 Å². The van der Waals surface area contributed by atoms with Crippen LogP contribution >= 0.6 is 23.1 Å². The van der Waals surface area contributed by atoms with Gasteiger partial charge in [-0.15, -0.1) is 11.8 Å². The molecule has 0 aliphatic carbocycles. The molecule has 0 aliphatic rings. The van der Waals surface area contributed by atoms with Crippen LogP contribution in [0.5, 0.6) is 5.75 Å². The van der Waals surface area contributed by atoms with E-state index < -0.39 is 0 Å². The second-order valence-corrected chi connectivity index (χ2v) is 8.37. The first-order valence-electron chi connectivity index (χ1n) is 9.00. The Morgan fingerprint density at radius 1 is 1.21 bits per heavy atom. The zero-order valence-corrected chi connectivity index (χ0v) is 17.9. The van der Waals surface area contributed by atoms with Crippen molar-refractivity contribution in [3.05, 3.63) is 59.8 Å². The van der Waals surface area contributed by atoms with E-state index >= 15 is 0 Å². The summed E-state index contributed by atoms with van der Waals surface area (Å²) in [5.74, 6) is 1.28. The maximum absolute atomic E-state index is 12.6. The molecule has 0 aliphatic heterocycles. The largest absolute Gasteiger partial charge is 0.497 e. The molecule has 6 nitrogen and oxygen atoms in total. The van der Waals surface area contributed by atoms with E-state index in [0.717, 1.165) is 27.2 Å². The van der Waals surface area contributed by atoms with Gasteiger partial charge >= 0.3 is 0 Å². The average molecular weight is 425 g/mol. The molecule has 0 unspecified atom stereocenters. The molecule has 2 aromatic carbocycles. The highest BCUT2D eigenvalue weighted by atomic mass is 32.2. The molecule has 0 bridgehead atoms. The Kier molecular flexibility index (Phi) is 5.55. The molecule has 2 heterocycles. The molecular formula is C21H20N4O2S2. The standard InChI is InChI=1S/C21H20N4O2S2/c1-13-10-19(23-20(26)11-14-4-7-16(28-3)8-5-14)25(24-13)21-22-17-12-15(27-2)6-9-18(17)29-21/h4-10,12H,11H2,1-3H3,(H,23,26). The highest BCUT2D eigenvalue weighted by molar-refractivity contribution is 7.98. The quantitative estimate of drug-likeness (QED) is 0.454. The van der Waals surface area contributed by atoms with Gasteiger partial charge in [0.05, 0.1) is 29.4 Å². The monoisotopic (exact) mass is 424 g/mol. The van der Waals surface area contributed by atoms with Crippen LogP contribution in [0.4, 0.5) is 5.82 Å². The lowest BCUT2D eigenvalue weighted by Gasteiger charge is -2.07. The van der Waals surface area contributed by atoms with Gasteiger partial charge in [-0.25, -0.2) is 4.98 Å². The number of benzene rings is 2. The number of ether oxygens (including phenoxy) is 1. The Bertz CT molecular complexity index is 1170. The molecule has 0 atom stereocenters. The molecule has 2 aromatic heterocycles. The molecule has 1 amide bonds. The van der Waals surface area contributed by atoms with Crippen molar-refractivity contribution in [1.82, 2.24) is 14.8 Å². The maximum atomic E-state index is 12.6. The van der Waals surface area contributed by atoms with E-state index in [2.05, 4.69) is 15.4 Å². The van der Waals surface area contributed by atoms with Gasteiger partial charge in [-0.2, -0.15) is 9.78 Å². The number of rotatable bonds is 6. The number of thioether (sulfide) groups is 1. The highest BCUT2D eigenvalue weighted by Crippen LogP contribution is 2.29. The number of aromatic nitrogens is 3. The summed E-state index contributed by atoms with van der Waals surface area (Å²) in [7, 11) is 1.63. The first kappa shape index (κ1) is 19.5. The molecule has 4 rings (SSSR count). The van der Waals surface area contributed by atoms with Crippen molar-refractivity contribution in [2.45, 2.75) is 18.2 Å². The van der Waals surface area contributed by atoms with Gasteiger partial charge in [0.2, 0.25) is 11.0 Å². The second kappa shape index (κ2) is 8.26.